The smallest absolute Gasteiger partial charge is 0.410 e. The van der Waals surface area contributed by atoms with Gasteiger partial charge in [0, 0.05) is 13.1 Å². The van der Waals surface area contributed by atoms with E-state index in [2.05, 4.69) is 6.92 Å². The second-order valence-corrected chi connectivity index (χ2v) is 5.82. The number of benzene rings is 1. The van der Waals surface area contributed by atoms with Crippen LogP contribution in [0.2, 0.25) is 0 Å². The minimum Gasteiger partial charge on any atom is -0.410 e. The average molecular weight is 290 g/mol. The van der Waals surface area contributed by atoms with Gasteiger partial charge in [0.25, 0.3) is 0 Å². The first-order chi connectivity index (χ1) is 10.2. The number of hydrogen-bond donors (Lipinski definition) is 1. The minimum absolute atomic E-state index is 0.222. The summed E-state index contributed by atoms with van der Waals surface area (Å²) in [7, 11) is 0. The van der Waals surface area contributed by atoms with Crippen LogP contribution in [0.1, 0.15) is 45.4 Å². The Kier molecular flexibility index (Phi) is 5.62. The van der Waals surface area contributed by atoms with Crippen molar-refractivity contribution in [2.24, 2.45) is 5.73 Å². The third kappa shape index (κ3) is 3.76. The fourth-order valence-electron chi connectivity index (χ4n) is 3.18. The summed E-state index contributed by atoms with van der Waals surface area (Å²) in [5.41, 5.74) is 5.83. The molecule has 0 saturated heterocycles. The van der Waals surface area contributed by atoms with Crippen LogP contribution in [0.25, 0.3) is 0 Å². The van der Waals surface area contributed by atoms with E-state index in [1.54, 1.807) is 12.1 Å². The van der Waals surface area contributed by atoms with E-state index in [4.69, 9.17) is 10.5 Å². The van der Waals surface area contributed by atoms with E-state index in [0.29, 0.717) is 18.8 Å². The van der Waals surface area contributed by atoms with Gasteiger partial charge in [0.1, 0.15) is 5.75 Å². The van der Waals surface area contributed by atoms with Gasteiger partial charge in [-0.05, 0) is 31.4 Å². The van der Waals surface area contributed by atoms with E-state index in [1.165, 1.54) is 6.42 Å². The van der Waals surface area contributed by atoms with Gasteiger partial charge in [0.15, 0.2) is 0 Å². The molecule has 1 amide bonds. The first-order valence-corrected chi connectivity index (χ1v) is 7.96. The van der Waals surface area contributed by atoms with Crippen LogP contribution in [0, 0.1) is 0 Å². The molecule has 1 aliphatic rings. The van der Waals surface area contributed by atoms with E-state index < -0.39 is 0 Å². The lowest BCUT2D eigenvalue weighted by Crippen LogP contribution is -2.58. The minimum atomic E-state index is -0.268. The molecular formula is C17H26N2O2. The van der Waals surface area contributed by atoms with Crippen LogP contribution in [0.4, 0.5) is 4.79 Å². The van der Waals surface area contributed by atoms with Gasteiger partial charge in [0.05, 0.1) is 5.54 Å². The molecule has 1 aromatic rings. The molecule has 1 aliphatic carbocycles. The van der Waals surface area contributed by atoms with Gasteiger partial charge < -0.3 is 15.4 Å². The number of nitrogens with two attached hydrogens (primary N) is 1. The Bertz CT molecular complexity index is 441. The third-order valence-corrected chi connectivity index (χ3v) is 4.35. The average Bonchev–Trinajstić information content (AvgIpc) is 2.54. The second kappa shape index (κ2) is 7.46. The van der Waals surface area contributed by atoms with Crippen LogP contribution in [0.15, 0.2) is 30.3 Å². The number of carbonyl (C=O) groups is 1. The Hall–Kier alpha value is -1.55. The Balaban J connectivity index is 2.14. The molecule has 0 aliphatic heterocycles. The van der Waals surface area contributed by atoms with Crippen molar-refractivity contribution in [3.63, 3.8) is 0 Å². The van der Waals surface area contributed by atoms with Crippen LogP contribution >= 0.6 is 0 Å². The first kappa shape index (κ1) is 15.8. The predicted octanol–water partition coefficient (Wildman–Crippen LogP) is 3.56. The SMILES string of the molecule is CCCN(C(=O)Oc1ccccc1)C1(CN)CCCCC1. The summed E-state index contributed by atoms with van der Waals surface area (Å²) in [6, 6.07) is 9.25. The molecule has 0 atom stereocenters. The van der Waals surface area contributed by atoms with Gasteiger partial charge in [-0.3, -0.25) is 0 Å². The van der Waals surface area contributed by atoms with Crippen molar-refractivity contribution in [1.29, 1.82) is 0 Å². The molecule has 2 rings (SSSR count). The molecule has 0 unspecified atom stereocenters. The van der Waals surface area contributed by atoms with Crippen LogP contribution in [-0.4, -0.2) is 29.6 Å². The molecule has 1 aromatic carbocycles. The van der Waals surface area contributed by atoms with Crippen LogP contribution in [0.3, 0.4) is 0 Å². The van der Waals surface area contributed by atoms with E-state index >= 15 is 0 Å². The number of carbonyl (C=O) groups excluding carboxylic acids is 1. The quantitative estimate of drug-likeness (QED) is 0.902. The fourth-order valence-corrected chi connectivity index (χ4v) is 3.18. The van der Waals surface area contributed by atoms with Crippen molar-refractivity contribution in [3.05, 3.63) is 30.3 Å². The van der Waals surface area contributed by atoms with E-state index in [-0.39, 0.29) is 11.6 Å². The summed E-state index contributed by atoms with van der Waals surface area (Å²) in [4.78, 5) is 14.5. The summed E-state index contributed by atoms with van der Waals surface area (Å²) in [6.07, 6.45) is 6.10. The van der Waals surface area contributed by atoms with Gasteiger partial charge in [-0.1, -0.05) is 44.4 Å². The Morgan fingerprint density at radius 3 is 2.48 bits per heavy atom. The highest BCUT2D eigenvalue weighted by molar-refractivity contribution is 5.71. The molecule has 0 aromatic heterocycles. The Labute approximate surface area is 127 Å². The molecule has 21 heavy (non-hydrogen) atoms. The maximum absolute atomic E-state index is 12.6. The fraction of sp³-hybridized carbons (Fsp3) is 0.588. The zero-order chi connectivity index (χ0) is 15.1. The van der Waals surface area contributed by atoms with Gasteiger partial charge in [0.2, 0.25) is 0 Å². The van der Waals surface area contributed by atoms with E-state index in [1.807, 2.05) is 23.1 Å². The van der Waals surface area contributed by atoms with Crippen molar-refractivity contribution < 1.29 is 9.53 Å². The lowest BCUT2D eigenvalue weighted by atomic mass is 9.80. The predicted molar refractivity (Wildman–Crippen MR) is 84.3 cm³/mol. The van der Waals surface area contributed by atoms with Crippen molar-refractivity contribution in [1.82, 2.24) is 4.90 Å². The maximum Gasteiger partial charge on any atom is 0.415 e. The highest BCUT2D eigenvalue weighted by Crippen LogP contribution is 2.33. The van der Waals surface area contributed by atoms with Gasteiger partial charge in [-0.15, -0.1) is 0 Å². The van der Waals surface area contributed by atoms with Crippen molar-refractivity contribution in [2.75, 3.05) is 13.1 Å². The largest absolute Gasteiger partial charge is 0.415 e. The van der Waals surface area contributed by atoms with Gasteiger partial charge in [-0.2, -0.15) is 0 Å². The topological polar surface area (TPSA) is 55.6 Å². The van der Waals surface area contributed by atoms with Gasteiger partial charge in [-0.25, -0.2) is 4.79 Å². The number of amides is 1. The molecule has 0 spiro atoms. The number of nitrogens with zero attached hydrogens (tertiary/aromatic N) is 1. The van der Waals surface area contributed by atoms with Crippen LogP contribution < -0.4 is 10.5 Å². The highest BCUT2D eigenvalue weighted by Gasteiger charge is 2.40. The Morgan fingerprint density at radius 1 is 1.24 bits per heavy atom. The molecule has 1 saturated carbocycles. The summed E-state index contributed by atoms with van der Waals surface area (Å²) in [5, 5.41) is 0. The van der Waals surface area contributed by atoms with Crippen molar-refractivity contribution in [3.8, 4) is 5.75 Å². The van der Waals surface area contributed by atoms with Crippen molar-refractivity contribution in [2.45, 2.75) is 51.0 Å². The highest BCUT2D eigenvalue weighted by atomic mass is 16.6. The van der Waals surface area contributed by atoms with Crippen LogP contribution in [0.5, 0.6) is 5.75 Å². The lowest BCUT2D eigenvalue weighted by molar-refractivity contribution is 0.0588. The first-order valence-electron chi connectivity index (χ1n) is 7.96. The number of ether oxygens (including phenoxy) is 1. The lowest BCUT2D eigenvalue weighted by Gasteiger charge is -2.45. The second-order valence-electron chi connectivity index (χ2n) is 5.82. The molecular weight excluding hydrogens is 264 g/mol. The molecule has 1 fully saturated rings. The zero-order valence-electron chi connectivity index (χ0n) is 12.9. The Morgan fingerprint density at radius 2 is 1.90 bits per heavy atom. The van der Waals surface area contributed by atoms with Crippen LogP contribution in [-0.2, 0) is 0 Å². The molecule has 2 N–H and O–H groups in total. The van der Waals surface area contributed by atoms with Gasteiger partial charge >= 0.3 is 6.09 Å². The maximum atomic E-state index is 12.6. The number of hydrogen-bond acceptors (Lipinski definition) is 3. The summed E-state index contributed by atoms with van der Waals surface area (Å²) in [5.74, 6) is 0.589. The molecule has 0 bridgehead atoms. The zero-order valence-corrected chi connectivity index (χ0v) is 12.9. The third-order valence-electron chi connectivity index (χ3n) is 4.35. The summed E-state index contributed by atoms with van der Waals surface area (Å²) in [6.45, 7) is 3.29. The molecule has 4 heteroatoms. The van der Waals surface area contributed by atoms with E-state index in [0.717, 1.165) is 32.1 Å². The monoisotopic (exact) mass is 290 g/mol. The molecule has 0 radical (unpaired) electrons. The normalized spacial score (nSPS) is 17.2. The summed E-state index contributed by atoms with van der Waals surface area (Å²) < 4.78 is 5.54. The van der Waals surface area contributed by atoms with Crippen molar-refractivity contribution >= 4 is 6.09 Å². The number of rotatable bonds is 5. The summed E-state index contributed by atoms with van der Waals surface area (Å²) >= 11 is 0. The number of para-hydroxylation sites is 1. The molecule has 4 nitrogen and oxygen atoms in total. The molecule has 0 heterocycles. The standard InChI is InChI=1S/C17H26N2O2/c1-2-13-19(17(14-18)11-7-4-8-12-17)16(20)21-15-9-5-3-6-10-15/h3,5-6,9-10H,2,4,7-8,11-14,18H2,1H3. The molecule has 116 valence electrons. The van der Waals surface area contributed by atoms with E-state index in [9.17, 15) is 4.79 Å².